The summed E-state index contributed by atoms with van der Waals surface area (Å²) >= 11 is 0. The number of hydrogen-bond donors (Lipinski definition) is 3. The number of amides is 2. The first-order valence-electron chi connectivity index (χ1n) is 7.13. The van der Waals surface area contributed by atoms with Gasteiger partial charge in [0.1, 0.15) is 6.04 Å². The van der Waals surface area contributed by atoms with Crippen molar-refractivity contribution in [2.75, 3.05) is 26.2 Å². The van der Waals surface area contributed by atoms with Crippen LogP contribution in [0.2, 0.25) is 0 Å². The van der Waals surface area contributed by atoms with Crippen molar-refractivity contribution in [3.05, 3.63) is 0 Å². The molecule has 0 saturated carbocycles. The SMILES string of the molecule is CCN(CC)C1CCN(C(=O)N[C@H](CC(=O)O)C(=O)O)C1. The summed E-state index contributed by atoms with van der Waals surface area (Å²) in [5.74, 6) is -2.60. The standard InChI is InChI=1S/C13H23N3O5/c1-3-15(4-2)9-5-6-16(8-9)13(21)14-10(12(19)20)7-11(17)18/h9-10H,3-8H2,1-2H3,(H,14,21)(H,17,18)(H,19,20)/t9?,10-/m1/s1. The summed E-state index contributed by atoms with van der Waals surface area (Å²) in [6.45, 7) is 6.99. The minimum absolute atomic E-state index is 0.272. The van der Waals surface area contributed by atoms with Crippen LogP contribution in [0.1, 0.15) is 26.7 Å². The molecule has 1 rings (SSSR count). The fourth-order valence-electron chi connectivity index (χ4n) is 2.58. The lowest BCUT2D eigenvalue weighted by atomic mass is 10.2. The third kappa shape index (κ3) is 4.89. The van der Waals surface area contributed by atoms with E-state index in [-0.39, 0.29) is 6.04 Å². The molecule has 2 atom stereocenters. The molecule has 1 unspecified atom stereocenters. The number of carbonyl (C=O) groups excluding carboxylic acids is 1. The van der Waals surface area contributed by atoms with Gasteiger partial charge in [-0.15, -0.1) is 0 Å². The van der Waals surface area contributed by atoms with Crippen molar-refractivity contribution in [2.24, 2.45) is 0 Å². The number of nitrogens with one attached hydrogen (secondary N) is 1. The maximum Gasteiger partial charge on any atom is 0.326 e. The summed E-state index contributed by atoms with van der Waals surface area (Å²) in [4.78, 5) is 37.4. The average Bonchev–Trinajstić information content (AvgIpc) is 2.88. The number of urea groups is 1. The Labute approximate surface area is 123 Å². The smallest absolute Gasteiger partial charge is 0.326 e. The maximum absolute atomic E-state index is 12.0. The highest BCUT2D eigenvalue weighted by molar-refractivity contribution is 5.86. The zero-order chi connectivity index (χ0) is 16.0. The Bertz CT molecular complexity index is 397. The van der Waals surface area contributed by atoms with E-state index in [0.717, 1.165) is 19.5 Å². The van der Waals surface area contributed by atoms with E-state index >= 15 is 0 Å². The van der Waals surface area contributed by atoms with Crippen molar-refractivity contribution in [3.8, 4) is 0 Å². The first kappa shape index (κ1) is 17.2. The van der Waals surface area contributed by atoms with Crippen LogP contribution < -0.4 is 5.32 Å². The third-order valence-corrected chi connectivity index (χ3v) is 3.75. The molecule has 0 aromatic heterocycles. The van der Waals surface area contributed by atoms with E-state index in [1.54, 1.807) is 4.90 Å². The van der Waals surface area contributed by atoms with Crippen molar-refractivity contribution in [2.45, 2.75) is 38.8 Å². The van der Waals surface area contributed by atoms with Gasteiger partial charge in [-0.2, -0.15) is 0 Å². The van der Waals surface area contributed by atoms with E-state index in [0.29, 0.717) is 13.1 Å². The number of carbonyl (C=O) groups is 3. The van der Waals surface area contributed by atoms with E-state index in [2.05, 4.69) is 24.1 Å². The van der Waals surface area contributed by atoms with E-state index in [1.807, 2.05) is 0 Å². The number of likely N-dealkylation sites (tertiary alicyclic amines) is 1. The molecule has 3 N–H and O–H groups in total. The number of carboxylic acid groups (broad SMARTS) is 2. The largest absolute Gasteiger partial charge is 0.481 e. The van der Waals surface area contributed by atoms with Gasteiger partial charge < -0.3 is 20.4 Å². The molecule has 8 heteroatoms. The number of hydrogen-bond acceptors (Lipinski definition) is 4. The topological polar surface area (TPSA) is 110 Å². The predicted molar refractivity (Wildman–Crippen MR) is 75.1 cm³/mol. The highest BCUT2D eigenvalue weighted by Crippen LogP contribution is 2.15. The molecule has 0 aromatic rings. The van der Waals surface area contributed by atoms with E-state index in [1.165, 1.54) is 0 Å². The summed E-state index contributed by atoms with van der Waals surface area (Å²) in [5, 5.41) is 19.9. The van der Waals surface area contributed by atoms with Gasteiger partial charge in [0, 0.05) is 19.1 Å². The van der Waals surface area contributed by atoms with Crippen LogP contribution in [0.15, 0.2) is 0 Å². The molecule has 1 heterocycles. The summed E-state index contributed by atoms with van der Waals surface area (Å²) in [6.07, 6.45) is 0.208. The minimum atomic E-state index is -1.40. The first-order chi connectivity index (χ1) is 9.88. The maximum atomic E-state index is 12.0. The van der Waals surface area contributed by atoms with Crippen LogP contribution >= 0.6 is 0 Å². The van der Waals surface area contributed by atoms with Crippen LogP contribution in [0.5, 0.6) is 0 Å². The van der Waals surface area contributed by atoms with Crippen molar-refractivity contribution < 1.29 is 24.6 Å². The monoisotopic (exact) mass is 301 g/mol. The van der Waals surface area contributed by atoms with E-state index < -0.39 is 30.4 Å². The Balaban J connectivity index is 2.56. The molecule has 0 radical (unpaired) electrons. The van der Waals surface area contributed by atoms with E-state index in [9.17, 15) is 14.4 Å². The van der Waals surface area contributed by atoms with Crippen LogP contribution in [0.3, 0.4) is 0 Å². The zero-order valence-corrected chi connectivity index (χ0v) is 12.4. The van der Waals surface area contributed by atoms with Gasteiger partial charge in [0.05, 0.1) is 6.42 Å². The van der Waals surface area contributed by atoms with Gasteiger partial charge in [-0.25, -0.2) is 9.59 Å². The second-order valence-electron chi connectivity index (χ2n) is 5.05. The first-order valence-corrected chi connectivity index (χ1v) is 7.13. The molecule has 0 spiro atoms. The molecule has 0 aromatic carbocycles. The number of likely N-dealkylation sites (N-methyl/N-ethyl adjacent to an activating group) is 1. The van der Waals surface area contributed by atoms with Crippen LogP contribution in [0.25, 0.3) is 0 Å². The Kier molecular flexibility index (Phi) is 6.41. The fourth-order valence-corrected chi connectivity index (χ4v) is 2.58. The zero-order valence-electron chi connectivity index (χ0n) is 12.4. The lowest BCUT2D eigenvalue weighted by molar-refractivity contribution is -0.145. The normalized spacial score (nSPS) is 19.6. The second-order valence-corrected chi connectivity index (χ2v) is 5.05. The van der Waals surface area contributed by atoms with Crippen molar-refractivity contribution in [1.82, 2.24) is 15.1 Å². The molecule has 1 fully saturated rings. The molecule has 2 amide bonds. The molecular weight excluding hydrogens is 278 g/mol. The molecule has 0 bridgehead atoms. The number of rotatable bonds is 7. The average molecular weight is 301 g/mol. The fraction of sp³-hybridized carbons (Fsp3) is 0.769. The molecule has 8 nitrogen and oxygen atoms in total. The quantitative estimate of drug-likeness (QED) is 0.612. The summed E-state index contributed by atoms with van der Waals surface area (Å²) < 4.78 is 0. The van der Waals surface area contributed by atoms with Crippen LogP contribution in [-0.4, -0.2) is 76.2 Å². The Morgan fingerprint density at radius 1 is 1.29 bits per heavy atom. The van der Waals surface area contributed by atoms with E-state index in [4.69, 9.17) is 10.2 Å². The highest BCUT2D eigenvalue weighted by Gasteiger charge is 2.31. The van der Waals surface area contributed by atoms with Gasteiger partial charge in [0.15, 0.2) is 0 Å². The van der Waals surface area contributed by atoms with Crippen LogP contribution in [0, 0.1) is 0 Å². The van der Waals surface area contributed by atoms with Crippen LogP contribution in [-0.2, 0) is 9.59 Å². The molecule has 120 valence electrons. The van der Waals surface area contributed by atoms with Gasteiger partial charge in [-0.1, -0.05) is 13.8 Å². The van der Waals surface area contributed by atoms with Crippen molar-refractivity contribution >= 4 is 18.0 Å². The Hall–Kier alpha value is -1.83. The summed E-state index contributed by atoms with van der Waals surface area (Å²) in [6, 6.07) is -1.64. The van der Waals surface area contributed by atoms with Crippen LogP contribution in [0.4, 0.5) is 4.79 Å². The van der Waals surface area contributed by atoms with Crippen molar-refractivity contribution in [1.29, 1.82) is 0 Å². The highest BCUT2D eigenvalue weighted by atomic mass is 16.4. The van der Waals surface area contributed by atoms with Gasteiger partial charge in [0.2, 0.25) is 0 Å². The molecule has 21 heavy (non-hydrogen) atoms. The minimum Gasteiger partial charge on any atom is -0.481 e. The molecular formula is C13H23N3O5. The molecule has 1 aliphatic heterocycles. The molecule has 1 saturated heterocycles. The predicted octanol–water partition coefficient (Wildman–Crippen LogP) is 0.0400. The van der Waals surface area contributed by atoms with Crippen molar-refractivity contribution in [3.63, 3.8) is 0 Å². The lowest BCUT2D eigenvalue weighted by Gasteiger charge is -2.26. The third-order valence-electron chi connectivity index (χ3n) is 3.75. The molecule has 0 aliphatic carbocycles. The Morgan fingerprint density at radius 2 is 1.90 bits per heavy atom. The summed E-state index contributed by atoms with van der Waals surface area (Å²) in [7, 11) is 0. The molecule has 1 aliphatic rings. The van der Waals surface area contributed by atoms with Gasteiger partial charge in [-0.3, -0.25) is 9.69 Å². The van der Waals surface area contributed by atoms with Gasteiger partial charge in [-0.05, 0) is 19.5 Å². The second kappa shape index (κ2) is 7.82. The summed E-state index contributed by atoms with van der Waals surface area (Å²) in [5.41, 5.74) is 0. The Morgan fingerprint density at radius 3 is 2.38 bits per heavy atom. The van der Waals surface area contributed by atoms with Gasteiger partial charge in [0.25, 0.3) is 0 Å². The number of carboxylic acids is 2. The van der Waals surface area contributed by atoms with Gasteiger partial charge >= 0.3 is 18.0 Å². The lowest BCUT2D eigenvalue weighted by Crippen LogP contribution is -2.49. The number of aliphatic carboxylic acids is 2. The number of nitrogens with zero attached hydrogens (tertiary/aromatic N) is 2.